The van der Waals surface area contributed by atoms with Crippen LogP contribution < -0.4 is 10.5 Å². The van der Waals surface area contributed by atoms with Crippen LogP contribution in [-0.4, -0.2) is 48.2 Å². The van der Waals surface area contributed by atoms with Crippen molar-refractivity contribution >= 4 is 16.6 Å². The lowest BCUT2D eigenvalue weighted by Gasteiger charge is -2.31. The van der Waals surface area contributed by atoms with Crippen molar-refractivity contribution in [3.63, 3.8) is 0 Å². The van der Waals surface area contributed by atoms with Crippen LogP contribution in [0.5, 0.6) is 0 Å². The van der Waals surface area contributed by atoms with Crippen molar-refractivity contribution in [3.8, 4) is 0 Å². The van der Waals surface area contributed by atoms with E-state index in [4.69, 9.17) is 4.74 Å². The number of hydrogen-bond acceptors (Lipinski definition) is 4. The molecule has 3 atom stereocenters. The number of aliphatic hydroxyl groups excluding tert-OH is 1. The Kier molecular flexibility index (Phi) is 5.09. The van der Waals surface area contributed by atoms with Gasteiger partial charge in [0.25, 0.3) is 0 Å². The van der Waals surface area contributed by atoms with Crippen molar-refractivity contribution in [2.75, 3.05) is 18.6 Å². The van der Waals surface area contributed by atoms with Crippen molar-refractivity contribution in [1.82, 2.24) is 4.98 Å². The number of hydrogen-bond donors (Lipinski definition) is 2. The first-order chi connectivity index (χ1) is 12.9. The van der Waals surface area contributed by atoms with Gasteiger partial charge in [-0.25, -0.2) is 0 Å². The lowest BCUT2D eigenvalue weighted by molar-refractivity contribution is -0.209. The van der Waals surface area contributed by atoms with Crippen molar-refractivity contribution in [2.45, 2.75) is 37.0 Å². The zero-order valence-electron chi connectivity index (χ0n) is 14.4. The normalized spacial score (nSPS) is 22.1. The molecule has 0 amide bonds. The molecule has 0 saturated carbocycles. The Morgan fingerprint density at radius 1 is 1.21 bits per heavy atom. The number of halogens is 6. The van der Waals surface area contributed by atoms with Crippen LogP contribution >= 0.6 is 0 Å². The Morgan fingerprint density at radius 2 is 1.89 bits per heavy atom. The van der Waals surface area contributed by atoms with Crippen LogP contribution in [0, 0.1) is 0 Å². The molecule has 0 aliphatic carbocycles. The SMILES string of the molecule is CO[C@H]1C[C@H]([C@@H](O)C(F)(F)F)N(c2ccc3[nH]c(=O)cc(C(F)(F)F)c3c2)C1. The standard InChI is InChI=1S/C17H16F6N2O3/c1-28-9-5-13(15(27)17(21,22)23)25(7-9)8-2-3-12-10(4-8)11(16(18,19)20)6-14(26)24-12/h2-4,6,9,13,15,27H,5,7H2,1H3,(H,24,26)/t9-,13+,15+/m0/s1. The van der Waals surface area contributed by atoms with E-state index < -0.39 is 41.7 Å². The number of aliphatic hydroxyl groups is 1. The van der Waals surface area contributed by atoms with Gasteiger partial charge in [-0.05, 0) is 24.6 Å². The van der Waals surface area contributed by atoms with Crippen molar-refractivity contribution in [2.24, 2.45) is 0 Å². The highest BCUT2D eigenvalue weighted by Crippen LogP contribution is 2.38. The summed E-state index contributed by atoms with van der Waals surface area (Å²) in [6, 6.07) is 2.53. The molecule has 11 heteroatoms. The highest BCUT2D eigenvalue weighted by Gasteiger charge is 2.49. The predicted molar refractivity (Wildman–Crippen MR) is 88.2 cm³/mol. The summed E-state index contributed by atoms with van der Waals surface area (Å²) in [6.45, 7) is -0.0372. The minimum absolute atomic E-state index is 0.0372. The molecule has 1 aliphatic rings. The molecule has 154 valence electrons. The maximum Gasteiger partial charge on any atom is 0.417 e. The zero-order valence-corrected chi connectivity index (χ0v) is 14.4. The number of ether oxygens (including phenoxy) is 1. The van der Waals surface area contributed by atoms with Gasteiger partial charge in [-0.2, -0.15) is 26.3 Å². The number of rotatable bonds is 3. The van der Waals surface area contributed by atoms with Crippen LogP contribution in [0.1, 0.15) is 12.0 Å². The van der Waals surface area contributed by atoms with E-state index in [9.17, 15) is 36.2 Å². The molecule has 1 aromatic carbocycles. The van der Waals surface area contributed by atoms with Gasteiger partial charge in [0.2, 0.25) is 5.56 Å². The number of fused-ring (bicyclic) bond motifs is 1. The molecular formula is C17H16F6N2O3. The van der Waals surface area contributed by atoms with E-state index in [1.54, 1.807) is 0 Å². The van der Waals surface area contributed by atoms with Gasteiger partial charge in [-0.1, -0.05) is 0 Å². The minimum Gasteiger partial charge on any atom is -0.382 e. The number of aromatic nitrogens is 1. The number of alkyl halides is 6. The molecule has 2 aromatic rings. The molecule has 0 unspecified atom stereocenters. The lowest BCUT2D eigenvalue weighted by Crippen LogP contribution is -2.47. The topological polar surface area (TPSA) is 65.6 Å². The van der Waals surface area contributed by atoms with Crippen LogP contribution in [0.4, 0.5) is 32.0 Å². The minimum atomic E-state index is -4.90. The van der Waals surface area contributed by atoms with E-state index in [2.05, 4.69) is 4.98 Å². The van der Waals surface area contributed by atoms with Gasteiger partial charge in [0, 0.05) is 36.3 Å². The van der Waals surface area contributed by atoms with Gasteiger partial charge >= 0.3 is 12.4 Å². The molecule has 0 radical (unpaired) electrons. The van der Waals surface area contributed by atoms with Gasteiger partial charge in [0.15, 0.2) is 6.10 Å². The molecule has 2 N–H and O–H groups in total. The van der Waals surface area contributed by atoms with Crippen LogP contribution in [0.25, 0.3) is 10.9 Å². The summed E-state index contributed by atoms with van der Waals surface area (Å²) in [6.07, 6.45) is -13.2. The second-order valence-electron chi connectivity index (χ2n) is 6.57. The Labute approximate surface area is 154 Å². The molecule has 3 rings (SSSR count). The summed E-state index contributed by atoms with van der Waals surface area (Å²) in [5.74, 6) is 0. The van der Waals surface area contributed by atoms with E-state index in [0.717, 1.165) is 6.07 Å². The third-order valence-corrected chi connectivity index (χ3v) is 4.80. The maximum absolute atomic E-state index is 13.3. The molecular weight excluding hydrogens is 394 g/mol. The van der Waals surface area contributed by atoms with Crippen LogP contribution in [-0.2, 0) is 10.9 Å². The molecule has 2 heterocycles. The van der Waals surface area contributed by atoms with Gasteiger partial charge in [-0.15, -0.1) is 0 Å². The van der Waals surface area contributed by atoms with E-state index in [1.165, 1.54) is 24.1 Å². The fourth-order valence-electron chi connectivity index (χ4n) is 3.47. The molecule has 0 bridgehead atoms. The molecule has 1 aliphatic heterocycles. The summed E-state index contributed by atoms with van der Waals surface area (Å²) in [4.78, 5) is 14.9. The smallest absolute Gasteiger partial charge is 0.382 e. The number of nitrogens with zero attached hydrogens (tertiary/aromatic N) is 1. The number of pyridine rings is 1. The molecule has 0 spiro atoms. The number of nitrogens with one attached hydrogen (secondary N) is 1. The number of methoxy groups -OCH3 is 1. The van der Waals surface area contributed by atoms with Crippen LogP contribution in [0.2, 0.25) is 0 Å². The Bertz CT molecular complexity index is 924. The first kappa shape index (κ1) is 20.5. The van der Waals surface area contributed by atoms with Crippen molar-refractivity contribution in [1.29, 1.82) is 0 Å². The van der Waals surface area contributed by atoms with Gasteiger partial charge < -0.3 is 19.7 Å². The molecule has 28 heavy (non-hydrogen) atoms. The second kappa shape index (κ2) is 6.96. The zero-order chi connectivity index (χ0) is 20.9. The summed E-state index contributed by atoms with van der Waals surface area (Å²) in [5.41, 5.74) is -2.18. The number of H-pyrrole nitrogens is 1. The maximum atomic E-state index is 13.3. The average molecular weight is 410 g/mol. The fraction of sp³-hybridized carbons (Fsp3) is 0.471. The fourth-order valence-corrected chi connectivity index (χ4v) is 3.47. The van der Waals surface area contributed by atoms with E-state index in [0.29, 0.717) is 6.07 Å². The summed E-state index contributed by atoms with van der Waals surface area (Å²) in [5, 5.41) is 9.36. The summed E-state index contributed by atoms with van der Waals surface area (Å²) >= 11 is 0. The first-order valence-corrected chi connectivity index (χ1v) is 8.20. The van der Waals surface area contributed by atoms with E-state index >= 15 is 0 Å². The quantitative estimate of drug-likeness (QED) is 0.764. The Balaban J connectivity index is 2.11. The highest BCUT2D eigenvalue weighted by molar-refractivity contribution is 5.86. The number of anilines is 1. The molecule has 1 saturated heterocycles. The van der Waals surface area contributed by atoms with Crippen LogP contribution in [0.3, 0.4) is 0 Å². The van der Waals surface area contributed by atoms with Gasteiger partial charge in [0.1, 0.15) is 0 Å². The van der Waals surface area contributed by atoms with Gasteiger partial charge in [0.05, 0.1) is 17.7 Å². The average Bonchev–Trinajstić information content (AvgIpc) is 3.02. The number of aromatic amines is 1. The largest absolute Gasteiger partial charge is 0.417 e. The first-order valence-electron chi connectivity index (χ1n) is 8.20. The monoisotopic (exact) mass is 410 g/mol. The predicted octanol–water partition coefficient (Wildman–Crippen LogP) is 3.06. The van der Waals surface area contributed by atoms with E-state index in [-0.39, 0.29) is 29.6 Å². The highest BCUT2D eigenvalue weighted by atomic mass is 19.4. The Morgan fingerprint density at radius 3 is 2.46 bits per heavy atom. The third-order valence-electron chi connectivity index (χ3n) is 4.80. The summed E-state index contributed by atoms with van der Waals surface area (Å²) < 4.78 is 84.1. The Hall–Kier alpha value is -2.27. The molecule has 1 fully saturated rings. The summed E-state index contributed by atoms with van der Waals surface area (Å²) in [7, 11) is 1.30. The van der Waals surface area contributed by atoms with E-state index in [1.807, 2.05) is 0 Å². The number of benzene rings is 1. The third kappa shape index (κ3) is 3.81. The van der Waals surface area contributed by atoms with Crippen molar-refractivity contribution < 1.29 is 36.2 Å². The molecule has 5 nitrogen and oxygen atoms in total. The van der Waals surface area contributed by atoms with Crippen LogP contribution in [0.15, 0.2) is 29.1 Å². The lowest BCUT2D eigenvalue weighted by atomic mass is 10.0. The molecule has 1 aromatic heterocycles. The second-order valence-corrected chi connectivity index (χ2v) is 6.57. The van der Waals surface area contributed by atoms with Gasteiger partial charge in [-0.3, -0.25) is 4.79 Å². The van der Waals surface area contributed by atoms with Crippen molar-refractivity contribution in [3.05, 3.63) is 40.2 Å².